The van der Waals surface area contributed by atoms with E-state index in [0.29, 0.717) is 5.75 Å². The molecule has 3 nitrogen and oxygen atoms in total. The Bertz CT molecular complexity index is 344. The van der Waals surface area contributed by atoms with Crippen molar-refractivity contribution in [3.05, 3.63) is 23.8 Å². The van der Waals surface area contributed by atoms with Crippen LogP contribution in [0.25, 0.3) is 0 Å². The van der Waals surface area contributed by atoms with Crippen LogP contribution in [0.15, 0.2) is 18.2 Å². The van der Waals surface area contributed by atoms with Crippen molar-refractivity contribution in [2.75, 3.05) is 6.61 Å². The van der Waals surface area contributed by atoms with Gasteiger partial charge >= 0.3 is 5.97 Å². The number of fused-ring (bicyclic) bond motifs is 1. The van der Waals surface area contributed by atoms with Crippen LogP contribution < -0.4 is 9.47 Å². The molecular formula is C10H10O3. The van der Waals surface area contributed by atoms with Crippen LogP contribution in [0.3, 0.4) is 0 Å². The van der Waals surface area contributed by atoms with Crippen molar-refractivity contribution in [2.45, 2.75) is 13.3 Å². The molecule has 68 valence electrons. The molecule has 0 bridgehead atoms. The molecule has 0 atom stereocenters. The second-order valence-corrected chi connectivity index (χ2v) is 2.96. The molecule has 3 heteroatoms. The zero-order chi connectivity index (χ0) is 9.26. The minimum absolute atomic E-state index is 0.307. The van der Waals surface area contributed by atoms with Crippen LogP contribution in [0.5, 0.6) is 11.5 Å². The van der Waals surface area contributed by atoms with Crippen molar-refractivity contribution in [2.24, 2.45) is 0 Å². The average molecular weight is 178 g/mol. The average Bonchev–Trinajstić information content (AvgIpc) is 2.49. The second-order valence-electron chi connectivity index (χ2n) is 2.96. The van der Waals surface area contributed by atoms with Crippen LogP contribution >= 0.6 is 0 Å². The molecule has 0 fully saturated rings. The maximum Gasteiger partial charge on any atom is 0.308 e. The fourth-order valence-corrected chi connectivity index (χ4v) is 1.38. The van der Waals surface area contributed by atoms with Gasteiger partial charge < -0.3 is 9.47 Å². The molecule has 0 spiro atoms. The van der Waals surface area contributed by atoms with E-state index in [2.05, 4.69) is 0 Å². The zero-order valence-corrected chi connectivity index (χ0v) is 7.37. The van der Waals surface area contributed by atoms with Crippen molar-refractivity contribution in [1.29, 1.82) is 0 Å². The lowest BCUT2D eigenvalue weighted by Crippen LogP contribution is -2.01. The maximum absolute atomic E-state index is 10.7. The molecule has 1 aromatic rings. The van der Waals surface area contributed by atoms with Crippen molar-refractivity contribution in [3.8, 4) is 11.5 Å². The Labute approximate surface area is 76.3 Å². The van der Waals surface area contributed by atoms with Crippen molar-refractivity contribution < 1.29 is 14.3 Å². The summed E-state index contributed by atoms with van der Waals surface area (Å²) < 4.78 is 10.2. The second kappa shape index (κ2) is 3.09. The van der Waals surface area contributed by atoms with Crippen LogP contribution in [-0.4, -0.2) is 12.6 Å². The third-order valence-electron chi connectivity index (χ3n) is 1.93. The summed E-state index contributed by atoms with van der Waals surface area (Å²) >= 11 is 0. The van der Waals surface area contributed by atoms with Crippen LogP contribution in [0, 0.1) is 0 Å². The number of carbonyl (C=O) groups excluding carboxylic acids is 1. The number of hydrogen-bond donors (Lipinski definition) is 0. The number of benzene rings is 1. The SMILES string of the molecule is CC(=O)Oc1ccc2c(c1)OCC2. The molecule has 0 unspecified atom stereocenters. The van der Waals surface area contributed by atoms with Crippen molar-refractivity contribution in [3.63, 3.8) is 0 Å². The molecule has 13 heavy (non-hydrogen) atoms. The Hall–Kier alpha value is -1.51. The first-order chi connectivity index (χ1) is 6.25. The van der Waals surface area contributed by atoms with Gasteiger partial charge in [-0.25, -0.2) is 0 Å². The van der Waals surface area contributed by atoms with Gasteiger partial charge in [0.05, 0.1) is 6.61 Å². The third kappa shape index (κ3) is 1.64. The Morgan fingerprint density at radius 1 is 1.54 bits per heavy atom. The van der Waals surface area contributed by atoms with E-state index in [1.54, 1.807) is 12.1 Å². The van der Waals surface area contributed by atoms with Crippen LogP contribution in [0.2, 0.25) is 0 Å². The molecule has 1 aliphatic heterocycles. The van der Waals surface area contributed by atoms with E-state index in [1.807, 2.05) is 6.07 Å². The van der Waals surface area contributed by atoms with Gasteiger partial charge in [-0.05, 0) is 11.6 Å². The van der Waals surface area contributed by atoms with E-state index in [9.17, 15) is 4.79 Å². The van der Waals surface area contributed by atoms with Gasteiger partial charge in [0.15, 0.2) is 0 Å². The highest BCUT2D eigenvalue weighted by Gasteiger charge is 2.12. The van der Waals surface area contributed by atoms with Gasteiger partial charge in [0, 0.05) is 19.4 Å². The summed E-state index contributed by atoms with van der Waals surface area (Å²) in [6.45, 7) is 2.10. The summed E-state index contributed by atoms with van der Waals surface area (Å²) in [5.41, 5.74) is 1.18. The standard InChI is InChI=1S/C10H10O3/c1-7(11)13-9-3-2-8-4-5-12-10(8)6-9/h2-3,6H,4-5H2,1H3. The Kier molecular flexibility index (Phi) is 1.93. The van der Waals surface area contributed by atoms with Gasteiger partial charge in [0.2, 0.25) is 0 Å². The first kappa shape index (κ1) is 8.10. The van der Waals surface area contributed by atoms with E-state index < -0.39 is 0 Å². The lowest BCUT2D eigenvalue weighted by atomic mass is 10.2. The summed E-state index contributed by atoms with van der Waals surface area (Å²) in [5.74, 6) is 1.07. The smallest absolute Gasteiger partial charge is 0.308 e. The van der Waals surface area contributed by atoms with E-state index >= 15 is 0 Å². The molecule has 2 rings (SSSR count). The Balaban J connectivity index is 2.25. The van der Waals surface area contributed by atoms with E-state index in [1.165, 1.54) is 12.5 Å². The first-order valence-corrected chi connectivity index (χ1v) is 4.20. The summed E-state index contributed by atoms with van der Waals surface area (Å²) in [7, 11) is 0. The summed E-state index contributed by atoms with van der Waals surface area (Å²) in [6, 6.07) is 5.47. The predicted molar refractivity (Wildman–Crippen MR) is 47.0 cm³/mol. The fourth-order valence-electron chi connectivity index (χ4n) is 1.38. The van der Waals surface area contributed by atoms with Gasteiger partial charge in [0.1, 0.15) is 11.5 Å². The summed E-state index contributed by atoms with van der Waals surface area (Å²) in [4.78, 5) is 10.7. The maximum atomic E-state index is 10.7. The zero-order valence-electron chi connectivity index (χ0n) is 7.37. The minimum Gasteiger partial charge on any atom is -0.493 e. The van der Waals surface area contributed by atoms with Crippen LogP contribution in [-0.2, 0) is 11.2 Å². The monoisotopic (exact) mass is 178 g/mol. The van der Waals surface area contributed by atoms with Gasteiger partial charge in [0.25, 0.3) is 0 Å². The fraction of sp³-hybridized carbons (Fsp3) is 0.300. The number of rotatable bonds is 1. The Morgan fingerprint density at radius 3 is 3.15 bits per heavy atom. The largest absolute Gasteiger partial charge is 0.493 e. The molecule has 1 aromatic carbocycles. The highest BCUT2D eigenvalue weighted by Crippen LogP contribution is 2.29. The molecular weight excluding hydrogens is 168 g/mol. The first-order valence-electron chi connectivity index (χ1n) is 4.20. The predicted octanol–water partition coefficient (Wildman–Crippen LogP) is 1.55. The van der Waals surface area contributed by atoms with E-state index in [4.69, 9.17) is 9.47 Å². The molecule has 0 aromatic heterocycles. The molecule has 1 aliphatic rings. The third-order valence-corrected chi connectivity index (χ3v) is 1.93. The van der Waals surface area contributed by atoms with Gasteiger partial charge in [-0.2, -0.15) is 0 Å². The molecule has 0 saturated carbocycles. The molecule has 0 aliphatic carbocycles. The number of carbonyl (C=O) groups is 1. The quantitative estimate of drug-likeness (QED) is 0.483. The van der Waals surface area contributed by atoms with Gasteiger partial charge in [-0.1, -0.05) is 6.07 Å². The van der Waals surface area contributed by atoms with Crippen LogP contribution in [0.4, 0.5) is 0 Å². The topological polar surface area (TPSA) is 35.5 Å². The Morgan fingerprint density at radius 2 is 2.38 bits per heavy atom. The van der Waals surface area contributed by atoms with Crippen molar-refractivity contribution in [1.82, 2.24) is 0 Å². The molecule has 0 saturated heterocycles. The minimum atomic E-state index is -0.307. The lowest BCUT2D eigenvalue weighted by Gasteiger charge is -2.03. The summed E-state index contributed by atoms with van der Waals surface area (Å²) in [5, 5.41) is 0. The number of ether oxygens (including phenoxy) is 2. The van der Waals surface area contributed by atoms with E-state index in [-0.39, 0.29) is 5.97 Å². The van der Waals surface area contributed by atoms with E-state index in [0.717, 1.165) is 18.8 Å². The van der Waals surface area contributed by atoms with Crippen molar-refractivity contribution >= 4 is 5.97 Å². The highest BCUT2D eigenvalue weighted by molar-refractivity contribution is 5.69. The molecule has 1 heterocycles. The highest BCUT2D eigenvalue weighted by atomic mass is 16.5. The molecule has 0 radical (unpaired) electrons. The van der Waals surface area contributed by atoms with Gasteiger partial charge in [-0.3, -0.25) is 4.79 Å². The van der Waals surface area contributed by atoms with Gasteiger partial charge in [-0.15, -0.1) is 0 Å². The molecule has 0 amide bonds. The number of esters is 1. The van der Waals surface area contributed by atoms with Crippen LogP contribution in [0.1, 0.15) is 12.5 Å². The number of hydrogen-bond acceptors (Lipinski definition) is 3. The lowest BCUT2D eigenvalue weighted by molar-refractivity contribution is -0.131. The normalized spacial score (nSPS) is 13.3. The summed E-state index contributed by atoms with van der Waals surface area (Å²) in [6.07, 6.45) is 0.940. The molecule has 0 N–H and O–H groups in total.